The molecule has 1 atom stereocenters. The van der Waals surface area contributed by atoms with Crippen molar-refractivity contribution in [2.24, 2.45) is 0 Å². The van der Waals surface area contributed by atoms with Crippen LogP contribution in [0.4, 0.5) is 13.2 Å². The van der Waals surface area contributed by atoms with Crippen LogP contribution in [-0.2, 0) is 6.42 Å². The van der Waals surface area contributed by atoms with E-state index in [0.29, 0.717) is 11.7 Å². The Labute approximate surface area is 110 Å². The first-order valence-corrected chi connectivity index (χ1v) is 6.73. The molecule has 19 heavy (non-hydrogen) atoms. The van der Waals surface area contributed by atoms with E-state index < -0.39 is 18.7 Å². The Bertz CT molecular complexity index is 397. The van der Waals surface area contributed by atoms with Crippen molar-refractivity contribution in [1.29, 1.82) is 0 Å². The number of aliphatic hydroxyl groups is 1. The highest BCUT2D eigenvalue weighted by molar-refractivity contribution is 5.01. The number of alkyl halides is 3. The third-order valence-corrected chi connectivity index (χ3v) is 3.52. The van der Waals surface area contributed by atoms with Crippen molar-refractivity contribution in [2.75, 3.05) is 0 Å². The fourth-order valence-corrected chi connectivity index (χ4v) is 2.62. The van der Waals surface area contributed by atoms with E-state index in [0.717, 1.165) is 12.8 Å². The van der Waals surface area contributed by atoms with Gasteiger partial charge in [-0.3, -0.25) is 4.68 Å². The molecule has 1 fully saturated rings. The maximum absolute atomic E-state index is 12.1. The van der Waals surface area contributed by atoms with Crippen LogP contribution < -0.4 is 0 Å². The molecule has 1 aromatic heterocycles. The molecule has 0 spiro atoms. The van der Waals surface area contributed by atoms with Gasteiger partial charge in [0.25, 0.3) is 0 Å². The van der Waals surface area contributed by atoms with Crippen molar-refractivity contribution in [3.8, 4) is 0 Å². The van der Waals surface area contributed by atoms with E-state index in [1.54, 1.807) is 6.07 Å². The van der Waals surface area contributed by atoms with E-state index >= 15 is 0 Å². The molecule has 1 unspecified atom stereocenters. The van der Waals surface area contributed by atoms with E-state index in [1.165, 1.54) is 19.3 Å². The summed E-state index contributed by atoms with van der Waals surface area (Å²) < 4.78 is 38.2. The van der Waals surface area contributed by atoms with Crippen molar-refractivity contribution >= 4 is 0 Å². The van der Waals surface area contributed by atoms with Gasteiger partial charge < -0.3 is 5.11 Å². The summed E-state index contributed by atoms with van der Waals surface area (Å²) in [6, 6.07) is 2.07. The van der Waals surface area contributed by atoms with Crippen LogP contribution in [0.25, 0.3) is 0 Å². The van der Waals surface area contributed by atoms with Crippen LogP contribution in [0.5, 0.6) is 0 Å². The molecule has 6 heteroatoms. The summed E-state index contributed by atoms with van der Waals surface area (Å²) >= 11 is 0. The molecule has 0 radical (unpaired) electrons. The Kier molecular flexibility index (Phi) is 4.50. The van der Waals surface area contributed by atoms with Crippen molar-refractivity contribution < 1.29 is 18.3 Å². The Morgan fingerprint density at radius 2 is 2.00 bits per heavy atom. The van der Waals surface area contributed by atoms with E-state index in [-0.39, 0.29) is 6.42 Å². The van der Waals surface area contributed by atoms with Gasteiger partial charge in [-0.25, -0.2) is 0 Å². The molecule has 108 valence electrons. The first-order chi connectivity index (χ1) is 8.94. The minimum absolute atomic E-state index is 0.0424. The lowest BCUT2D eigenvalue weighted by Gasteiger charge is -2.21. The first-order valence-electron chi connectivity index (χ1n) is 6.73. The summed E-state index contributed by atoms with van der Waals surface area (Å²) in [4.78, 5) is 0. The quantitative estimate of drug-likeness (QED) is 0.916. The van der Waals surface area contributed by atoms with Crippen LogP contribution >= 0.6 is 0 Å². The standard InChI is InChI=1S/C13H19F3N2O/c14-13(15,16)9-12(19)8-10-6-7-18(17-10)11-4-2-1-3-5-11/h6-7,11-12,19H,1-5,8-9H2. The summed E-state index contributed by atoms with van der Waals surface area (Å²) in [6.45, 7) is 0. The van der Waals surface area contributed by atoms with Gasteiger partial charge in [-0.05, 0) is 18.9 Å². The molecule has 0 aromatic carbocycles. The second-order valence-electron chi connectivity index (χ2n) is 5.26. The Balaban J connectivity index is 1.89. The largest absolute Gasteiger partial charge is 0.392 e. The minimum atomic E-state index is -4.33. The second-order valence-corrected chi connectivity index (χ2v) is 5.26. The molecule has 2 rings (SSSR count). The SMILES string of the molecule is OC(Cc1ccn(C2CCCCC2)n1)CC(F)(F)F. The van der Waals surface area contributed by atoms with E-state index in [4.69, 9.17) is 0 Å². The Morgan fingerprint density at radius 3 is 2.63 bits per heavy atom. The summed E-state index contributed by atoms with van der Waals surface area (Å²) in [5.74, 6) is 0. The van der Waals surface area contributed by atoms with Crippen molar-refractivity contribution in [1.82, 2.24) is 9.78 Å². The van der Waals surface area contributed by atoms with Crippen molar-refractivity contribution in [3.63, 3.8) is 0 Å². The number of hydrogen-bond acceptors (Lipinski definition) is 2. The van der Waals surface area contributed by atoms with Gasteiger partial charge >= 0.3 is 6.18 Å². The lowest BCUT2D eigenvalue weighted by atomic mass is 9.96. The van der Waals surface area contributed by atoms with Crippen LogP contribution in [0, 0.1) is 0 Å². The van der Waals surface area contributed by atoms with Gasteiger partial charge in [-0.1, -0.05) is 19.3 Å². The summed E-state index contributed by atoms with van der Waals surface area (Å²) in [5, 5.41) is 13.7. The first kappa shape index (κ1) is 14.4. The van der Waals surface area contributed by atoms with Crippen molar-refractivity contribution in [3.05, 3.63) is 18.0 Å². The molecule has 1 heterocycles. The average molecular weight is 276 g/mol. The van der Waals surface area contributed by atoms with Gasteiger partial charge in [0.15, 0.2) is 0 Å². The highest BCUT2D eigenvalue weighted by atomic mass is 19.4. The minimum Gasteiger partial charge on any atom is -0.392 e. The maximum atomic E-state index is 12.1. The monoisotopic (exact) mass is 276 g/mol. The zero-order valence-electron chi connectivity index (χ0n) is 10.7. The molecule has 0 aliphatic heterocycles. The Hall–Kier alpha value is -1.04. The zero-order valence-corrected chi connectivity index (χ0v) is 10.7. The molecule has 0 amide bonds. The summed E-state index contributed by atoms with van der Waals surface area (Å²) in [7, 11) is 0. The summed E-state index contributed by atoms with van der Waals surface area (Å²) in [5.41, 5.74) is 0.530. The number of rotatable bonds is 4. The molecule has 1 N–H and O–H groups in total. The number of hydrogen-bond donors (Lipinski definition) is 1. The molecule has 0 saturated heterocycles. The van der Waals surface area contributed by atoms with E-state index in [9.17, 15) is 18.3 Å². The smallest absolute Gasteiger partial charge is 0.391 e. The van der Waals surface area contributed by atoms with Gasteiger partial charge in [-0.2, -0.15) is 18.3 Å². The molecule has 3 nitrogen and oxygen atoms in total. The van der Waals surface area contributed by atoms with Gasteiger partial charge in [0, 0.05) is 12.6 Å². The van der Waals surface area contributed by atoms with E-state index in [1.807, 2.05) is 10.9 Å². The number of nitrogens with zero attached hydrogens (tertiary/aromatic N) is 2. The maximum Gasteiger partial charge on any atom is 0.391 e. The topological polar surface area (TPSA) is 38.0 Å². The highest BCUT2D eigenvalue weighted by Gasteiger charge is 2.31. The zero-order chi connectivity index (χ0) is 13.9. The summed E-state index contributed by atoms with van der Waals surface area (Å²) in [6.07, 6.45) is 0.606. The molecule has 1 aliphatic carbocycles. The van der Waals surface area contributed by atoms with Gasteiger partial charge in [0.1, 0.15) is 0 Å². The predicted octanol–water partition coefficient (Wildman–Crippen LogP) is 3.24. The molecular weight excluding hydrogens is 257 g/mol. The molecule has 1 aromatic rings. The van der Waals surface area contributed by atoms with Gasteiger partial charge in [0.2, 0.25) is 0 Å². The predicted molar refractivity (Wildman–Crippen MR) is 64.7 cm³/mol. The van der Waals surface area contributed by atoms with Crippen LogP contribution in [0.2, 0.25) is 0 Å². The molecule has 0 bridgehead atoms. The average Bonchev–Trinajstić information content (AvgIpc) is 2.76. The molecular formula is C13H19F3N2O. The third kappa shape index (κ3) is 4.53. The highest BCUT2D eigenvalue weighted by Crippen LogP contribution is 2.28. The van der Waals surface area contributed by atoms with Crippen LogP contribution in [0.1, 0.15) is 50.3 Å². The van der Waals surface area contributed by atoms with Crippen LogP contribution in [-0.4, -0.2) is 27.2 Å². The fraction of sp³-hybridized carbons (Fsp3) is 0.769. The lowest BCUT2D eigenvalue weighted by molar-refractivity contribution is -0.153. The van der Waals surface area contributed by atoms with Crippen LogP contribution in [0.15, 0.2) is 12.3 Å². The number of aliphatic hydroxyl groups excluding tert-OH is 1. The fourth-order valence-electron chi connectivity index (χ4n) is 2.62. The van der Waals surface area contributed by atoms with Crippen molar-refractivity contribution in [2.45, 2.75) is 63.3 Å². The van der Waals surface area contributed by atoms with Crippen LogP contribution in [0.3, 0.4) is 0 Å². The molecule has 1 aliphatic rings. The van der Waals surface area contributed by atoms with Gasteiger partial charge in [0.05, 0.1) is 24.3 Å². The number of halogens is 3. The third-order valence-electron chi connectivity index (χ3n) is 3.52. The molecule has 1 saturated carbocycles. The number of aromatic nitrogens is 2. The second kappa shape index (κ2) is 5.94. The lowest BCUT2D eigenvalue weighted by Crippen LogP contribution is -2.21. The Morgan fingerprint density at radius 1 is 1.32 bits per heavy atom. The van der Waals surface area contributed by atoms with E-state index in [2.05, 4.69) is 5.10 Å². The van der Waals surface area contributed by atoms with Gasteiger partial charge in [-0.15, -0.1) is 0 Å². The normalized spacial score (nSPS) is 19.6.